The third kappa shape index (κ3) is 10.0. The Balaban J connectivity index is 1.03. The Kier molecular flexibility index (Phi) is 12.6. The van der Waals surface area contributed by atoms with E-state index in [0.717, 1.165) is 66.4 Å². The number of benzene rings is 5. The zero-order valence-electron chi connectivity index (χ0n) is 31.7. The zero-order valence-corrected chi connectivity index (χ0v) is 34.1. The fourth-order valence-electron chi connectivity index (χ4n) is 7.13. The lowest BCUT2D eigenvalue weighted by Gasteiger charge is -2.36. The summed E-state index contributed by atoms with van der Waals surface area (Å²) in [6.45, 7) is 8.26. The van der Waals surface area contributed by atoms with Crippen molar-refractivity contribution in [2.24, 2.45) is 5.92 Å². The van der Waals surface area contributed by atoms with E-state index in [4.69, 9.17) is 11.6 Å². The topological polar surface area (TPSA) is 134 Å². The lowest BCUT2D eigenvalue weighted by atomic mass is 9.99. The van der Waals surface area contributed by atoms with Gasteiger partial charge in [-0.1, -0.05) is 80.0 Å². The number of nitro groups is 1. The molecule has 1 atom stereocenters. The lowest BCUT2D eigenvalue weighted by molar-refractivity contribution is -0.384. The number of anilines is 3. The smallest absolute Gasteiger partial charge is 0.293 e. The number of nitrogens with one attached hydrogen (secondary N) is 2. The van der Waals surface area contributed by atoms with Gasteiger partial charge in [0.15, 0.2) is 5.82 Å². The number of fused-ring (bicyclic) bond motifs is 1. The average molecular weight is 822 g/mol. The van der Waals surface area contributed by atoms with Crippen molar-refractivity contribution in [3.8, 4) is 11.1 Å². The minimum Gasteiger partial charge on any atom is -0.376 e. The van der Waals surface area contributed by atoms with Gasteiger partial charge in [0.1, 0.15) is 12.0 Å². The van der Waals surface area contributed by atoms with E-state index in [0.29, 0.717) is 22.6 Å². The maximum Gasteiger partial charge on any atom is 0.293 e. The minimum atomic E-state index is -4.26. The highest BCUT2D eigenvalue weighted by atomic mass is 35.5. The van der Waals surface area contributed by atoms with Crippen molar-refractivity contribution in [3.05, 3.63) is 142 Å². The van der Waals surface area contributed by atoms with Gasteiger partial charge in [0.25, 0.3) is 15.7 Å². The lowest BCUT2D eigenvalue weighted by Crippen LogP contribution is -2.46. The van der Waals surface area contributed by atoms with Gasteiger partial charge in [0, 0.05) is 71.6 Å². The van der Waals surface area contributed by atoms with Crippen molar-refractivity contribution >= 4 is 67.2 Å². The van der Waals surface area contributed by atoms with Crippen LogP contribution in [-0.2, 0) is 16.6 Å². The van der Waals surface area contributed by atoms with Crippen LogP contribution in [0.4, 0.5) is 22.9 Å². The first kappa shape index (κ1) is 40.0. The molecule has 0 unspecified atom stereocenters. The van der Waals surface area contributed by atoms with Gasteiger partial charge in [-0.25, -0.2) is 18.4 Å². The summed E-state index contributed by atoms with van der Waals surface area (Å²) in [5.41, 5.74) is 5.01. The Morgan fingerprint density at radius 1 is 0.877 bits per heavy atom. The Labute approximate surface area is 342 Å². The maximum absolute atomic E-state index is 13.7. The van der Waals surface area contributed by atoms with Crippen molar-refractivity contribution in [2.75, 3.05) is 46.9 Å². The van der Waals surface area contributed by atoms with E-state index in [1.165, 1.54) is 29.6 Å². The Hall–Kier alpha value is -5.21. The number of aromatic nitrogens is 2. The number of thioether (sulfide) groups is 1. The highest BCUT2D eigenvalue weighted by Crippen LogP contribution is 2.33. The molecule has 294 valence electrons. The largest absolute Gasteiger partial charge is 0.376 e. The molecule has 2 heterocycles. The van der Waals surface area contributed by atoms with Crippen LogP contribution >= 0.6 is 23.4 Å². The van der Waals surface area contributed by atoms with E-state index in [1.807, 2.05) is 72.8 Å². The predicted molar refractivity (Wildman–Crippen MR) is 232 cm³/mol. The van der Waals surface area contributed by atoms with Crippen LogP contribution in [0.3, 0.4) is 0 Å². The molecule has 1 aromatic heterocycles. The first-order valence-electron chi connectivity index (χ1n) is 18.8. The summed E-state index contributed by atoms with van der Waals surface area (Å²) in [6.07, 6.45) is 2.09. The molecular formula is C43H44ClN7O4S2. The highest BCUT2D eigenvalue weighted by Gasteiger charge is 2.25. The molecule has 1 fully saturated rings. The predicted octanol–water partition coefficient (Wildman–Crippen LogP) is 9.60. The first-order valence-corrected chi connectivity index (χ1v) is 21.7. The Bertz CT molecular complexity index is 2450. The number of nitrogens with zero attached hydrogens (tertiary/aromatic N) is 5. The van der Waals surface area contributed by atoms with Gasteiger partial charge in [-0.15, -0.1) is 11.8 Å². The molecular weight excluding hydrogens is 778 g/mol. The zero-order chi connectivity index (χ0) is 39.9. The molecule has 0 radical (unpaired) electrons. The Morgan fingerprint density at radius 3 is 2.33 bits per heavy atom. The van der Waals surface area contributed by atoms with Crippen LogP contribution < -0.4 is 14.9 Å². The molecule has 0 spiro atoms. The summed E-state index contributed by atoms with van der Waals surface area (Å²) < 4.78 is 30.0. The van der Waals surface area contributed by atoms with Crippen molar-refractivity contribution < 1.29 is 13.3 Å². The molecule has 0 bridgehead atoms. The second-order valence-electron chi connectivity index (χ2n) is 14.5. The van der Waals surface area contributed by atoms with E-state index in [1.54, 1.807) is 11.8 Å². The normalized spacial score (nSPS) is 14.1. The highest BCUT2D eigenvalue weighted by molar-refractivity contribution is 7.99. The van der Waals surface area contributed by atoms with E-state index in [9.17, 15) is 18.5 Å². The summed E-state index contributed by atoms with van der Waals surface area (Å²) in [5, 5.41) is 16.8. The van der Waals surface area contributed by atoms with Gasteiger partial charge in [-0.2, -0.15) is 0 Å². The van der Waals surface area contributed by atoms with Gasteiger partial charge >= 0.3 is 0 Å². The second-order valence-corrected chi connectivity index (χ2v) is 17.7. The summed E-state index contributed by atoms with van der Waals surface area (Å²) in [6, 6.07) is 35.9. The fraction of sp³-hybridized carbons (Fsp3) is 0.256. The molecule has 7 rings (SSSR count). The van der Waals surface area contributed by atoms with Crippen molar-refractivity contribution in [1.29, 1.82) is 0 Å². The number of halogens is 1. The van der Waals surface area contributed by atoms with Gasteiger partial charge in [-0.05, 0) is 83.6 Å². The molecule has 0 amide bonds. The molecule has 1 aliphatic rings. The number of hydrogen-bond donors (Lipinski definition) is 2. The van der Waals surface area contributed by atoms with Gasteiger partial charge < -0.3 is 10.2 Å². The molecule has 6 aromatic rings. The molecule has 2 N–H and O–H groups in total. The summed E-state index contributed by atoms with van der Waals surface area (Å²) in [4.78, 5) is 26.0. The molecule has 14 heteroatoms. The Morgan fingerprint density at radius 2 is 1.61 bits per heavy atom. The number of rotatable bonds is 15. The molecule has 57 heavy (non-hydrogen) atoms. The van der Waals surface area contributed by atoms with Gasteiger partial charge in [-0.3, -0.25) is 19.7 Å². The van der Waals surface area contributed by atoms with E-state index < -0.39 is 14.9 Å². The van der Waals surface area contributed by atoms with Crippen LogP contribution in [0.1, 0.15) is 25.8 Å². The SMILES string of the molecule is CC(C)C[C@@H](CSc1ccccc1)Nc1ccc(S(=O)(=O)Nc2ncnc3cc(N4CCN(Cc5cc(Cl)ccc5-c5ccccc5)CC4)ccc23)cc1[N+](=O)[O-]. The summed E-state index contributed by atoms with van der Waals surface area (Å²) in [5.74, 6) is 1.11. The molecule has 11 nitrogen and oxygen atoms in total. The summed E-state index contributed by atoms with van der Waals surface area (Å²) >= 11 is 8.09. The number of hydrogen-bond acceptors (Lipinski definition) is 10. The van der Waals surface area contributed by atoms with Crippen LogP contribution in [0, 0.1) is 16.0 Å². The van der Waals surface area contributed by atoms with E-state index in [2.05, 4.69) is 67.9 Å². The average Bonchev–Trinajstić information content (AvgIpc) is 3.20. The summed E-state index contributed by atoms with van der Waals surface area (Å²) in [7, 11) is -4.26. The van der Waals surface area contributed by atoms with Gasteiger partial charge in [0.05, 0.1) is 15.3 Å². The minimum absolute atomic E-state index is 0.0855. The van der Waals surface area contributed by atoms with E-state index >= 15 is 0 Å². The first-order chi connectivity index (χ1) is 27.5. The molecule has 0 aliphatic carbocycles. The number of sulfonamides is 1. The number of nitro benzene ring substituents is 1. The quantitative estimate of drug-likeness (QED) is 0.0586. The van der Waals surface area contributed by atoms with Crippen molar-refractivity contribution in [2.45, 2.75) is 42.6 Å². The van der Waals surface area contributed by atoms with Crippen molar-refractivity contribution in [1.82, 2.24) is 14.9 Å². The van der Waals surface area contributed by atoms with Gasteiger partial charge in [0.2, 0.25) is 0 Å². The maximum atomic E-state index is 13.7. The molecule has 5 aromatic carbocycles. The van der Waals surface area contributed by atoms with E-state index in [-0.39, 0.29) is 28.1 Å². The molecule has 1 saturated heterocycles. The van der Waals surface area contributed by atoms with Crippen molar-refractivity contribution in [3.63, 3.8) is 0 Å². The van der Waals surface area contributed by atoms with Crippen LogP contribution in [0.5, 0.6) is 0 Å². The van der Waals surface area contributed by atoms with Crippen LogP contribution in [0.15, 0.2) is 131 Å². The third-order valence-corrected chi connectivity index (χ3v) is 12.7. The van der Waals surface area contributed by atoms with Crippen LogP contribution in [0.2, 0.25) is 5.02 Å². The van der Waals surface area contributed by atoms with Crippen LogP contribution in [-0.4, -0.2) is 66.2 Å². The van der Waals surface area contributed by atoms with Crippen LogP contribution in [0.25, 0.3) is 22.0 Å². The third-order valence-electron chi connectivity index (χ3n) is 9.92. The standard InChI is InChI=1S/C43H44ClN7O4S2/c1-30(2)23-34(28-56-36-11-7-4-8-12-36)47-40-18-15-37(26-42(40)51(52)53)57(54,55)48-43-39-17-14-35(25-41(39)45-29-46-43)50-21-19-49(20-22-50)27-32-24-33(44)13-16-38(32)31-9-5-3-6-10-31/h3-18,24-26,29-30,34,47H,19-23,27-28H2,1-2H3,(H,45,46,48)/t34-/m0/s1. The number of piperazine rings is 1. The molecule has 1 aliphatic heterocycles. The monoisotopic (exact) mass is 821 g/mol. The fourth-order valence-corrected chi connectivity index (χ4v) is 9.34. The molecule has 0 saturated carbocycles. The second kappa shape index (κ2) is 17.9.